The molecule has 0 radical (unpaired) electrons. The molecule has 0 fully saturated rings. The average molecular weight is 202 g/mol. The molecule has 1 aromatic rings. The van der Waals surface area contributed by atoms with Crippen LogP contribution in [0.2, 0.25) is 0 Å². The number of halogens is 1. The predicted molar refractivity (Wildman–Crippen MR) is 54.0 cm³/mol. The number of anilines is 1. The number of carbonyl (C=O) groups excluding carboxylic acids is 1. The van der Waals surface area contributed by atoms with Crippen LogP contribution in [-0.2, 0) is 4.79 Å². The first kappa shape index (κ1) is 11.9. The zero-order valence-electron chi connectivity index (χ0n) is 7.28. The Morgan fingerprint density at radius 1 is 1.62 bits per heavy atom. The molecule has 0 saturated carbocycles. The summed E-state index contributed by atoms with van der Waals surface area (Å²) in [4.78, 5) is 14.9. The Morgan fingerprint density at radius 3 is 2.92 bits per heavy atom. The minimum absolute atomic E-state index is 0. The normalized spacial score (nSPS) is 8.69. The summed E-state index contributed by atoms with van der Waals surface area (Å²) in [6.45, 7) is 0.314. The van der Waals surface area contributed by atoms with Crippen LogP contribution in [0.3, 0.4) is 0 Å². The molecular formula is C8H12ClN3O. The zero-order valence-corrected chi connectivity index (χ0v) is 8.10. The molecule has 0 aromatic carbocycles. The molecular weight excluding hydrogens is 190 g/mol. The van der Waals surface area contributed by atoms with E-state index >= 15 is 0 Å². The van der Waals surface area contributed by atoms with Crippen LogP contribution >= 0.6 is 12.4 Å². The SMILES string of the molecule is CNCC(=O)Nc1cccnc1.Cl. The number of pyridine rings is 1. The Morgan fingerprint density at radius 2 is 2.38 bits per heavy atom. The molecule has 0 saturated heterocycles. The summed E-state index contributed by atoms with van der Waals surface area (Å²) < 4.78 is 0. The predicted octanol–water partition coefficient (Wildman–Crippen LogP) is 0.661. The summed E-state index contributed by atoms with van der Waals surface area (Å²) in [6.07, 6.45) is 3.27. The summed E-state index contributed by atoms with van der Waals surface area (Å²) >= 11 is 0. The van der Waals surface area contributed by atoms with Gasteiger partial charge >= 0.3 is 0 Å². The highest BCUT2D eigenvalue weighted by molar-refractivity contribution is 5.91. The van der Waals surface area contributed by atoms with Crippen molar-refractivity contribution in [2.45, 2.75) is 0 Å². The fourth-order valence-electron chi connectivity index (χ4n) is 0.802. The third kappa shape index (κ3) is 4.45. The van der Waals surface area contributed by atoms with Crippen molar-refractivity contribution < 1.29 is 4.79 Å². The number of amides is 1. The van der Waals surface area contributed by atoms with E-state index in [0.717, 1.165) is 5.69 Å². The highest BCUT2D eigenvalue weighted by atomic mass is 35.5. The number of carbonyl (C=O) groups is 1. The third-order valence-corrected chi connectivity index (χ3v) is 1.28. The summed E-state index contributed by atoms with van der Waals surface area (Å²) in [6, 6.07) is 3.57. The van der Waals surface area contributed by atoms with Gasteiger partial charge in [-0.3, -0.25) is 9.78 Å². The van der Waals surface area contributed by atoms with Crippen molar-refractivity contribution in [3.05, 3.63) is 24.5 Å². The summed E-state index contributed by atoms with van der Waals surface area (Å²) in [5.41, 5.74) is 0.720. The van der Waals surface area contributed by atoms with Gasteiger partial charge in [0.25, 0.3) is 0 Å². The minimum Gasteiger partial charge on any atom is -0.324 e. The maximum absolute atomic E-state index is 11.0. The number of likely N-dealkylation sites (N-methyl/N-ethyl adjacent to an activating group) is 1. The maximum Gasteiger partial charge on any atom is 0.238 e. The maximum atomic E-state index is 11.0. The molecule has 2 N–H and O–H groups in total. The second-order valence-corrected chi connectivity index (χ2v) is 2.32. The van der Waals surface area contributed by atoms with Gasteiger partial charge in [-0.2, -0.15) is 0 Å². The number of nitrogens with zero attached hydrogens (tertiary/aromatic N) is 1. The van der Waals surface area contributed by atoms with E-state index in [0.29, 0.717) is 6.54 Å². The van der Waals surface area contributed by atoms with Crippen LogP contribution in [0.5, 0.6) is 0 Å². The van der Waals surface area contributed by atoms with Crippen molar-refractivity contribution in [1.82, 2.24) is 10.3 Å². The zero-order chi connectivity index (χ0) is 8.81. The second kappa shape index (κ2) is 6.39. The van der Waals surface area contributed by atoms with Crippen LogP contribution in [0.25, 0.3) is 0 Å². The first-order valence-corrected chi connectivity index (χ1v) is 3.67. The lowest BCUT2D eigenvalue weighted by Crippen LogP contribution is -2.25. The molecule has 1 rings (SSSR count). The molecule has 0 bridgehead atoms. The topological polar surface area (TPSA) is 54.0 Å². The molecule has 4 nitrogen and oxygen atoms in total. The van der Waals surface area contributed by atoms with Crippen molar-refractivity contribution in [2.24, 2.45) is 0 Å². The van der Waals surface area contributed by atoms with Gasteiger partial charge in [-0.05, 0) is 19.2 Å². The number of hydrogen-bond donors (Lipinski definition) is 2. The highest BCUT2D eigenvalue weighted by Crippen LogP contribution is 2.01. The number of hydrogen-bond acceptors (Lipinski definition) is 3. The van der Waals surface area contributed by atoms with Crippen LogP contribution in [0.4, 0.5) is 5.69 Å². The highest BCUT2D eigenvalue weighted by Gasteiger charge is 1.98. The van der Waals surface area contributed by atoms with Gasteiger partial charge in [-0.15, -0.1) is 12.4 Å². The van der Waals surface area contributed by atoms with Crippen LogP contribution < -0.4 is 10.6 Å². The van der Waals surface area contributed by atoms with E-state index in [1.165, 1.54) is 0 Å². The van der Waals surface area contributed by atoms with E-state index in [2.05, 4.69) is 15.6 Å². The van der Waals surface area contributed by atoms with E-state index in [1.54, 1.807) is 31.6 Å². The monoisotopic (exact) mass is 201 g/mol. The summed E-state index contributed by atoms with van der Waals surface area (Å²) in [5.74, 6) is -0.0644. The molecule has 0 atom stereocenters. The fraction of sp³-hybridized carbons (Fsp3) is 0.250. The van der Waals surface area contributed by atoms with Gasteiger partial charge in [0.15, 0.2) is 0 Å². The largest absolute Gasteiger partial charge is 0.324 e. The summed E-state index contributed by atoms with van der Waals surface area (Å²) in [5, 5.41) is 5.43. The second-order valence-electron chi connectivity index (χ2n) is 2.32. The number of aromatic nitrogens is 1. The molecule has 1 amide bonds. The van der Waals surface area contributed by atoms with E-state index < -0.39 is 0 Å². The molecule has 1 aromatic heterocycles. The van der Waals surface area contributed by atoms with Gasteiger partial charge in [0.1, 0.15) is 0 Å². The van der Waals surface area contributed by atoms with Gasteiger partial charge in [0, 0.05) is 6.20 Å². The lowest BCUT2D eigenvalue weighted by Gasteiger charge is -2.02. The Bertz CT molecular complexity index is 253. The molecule has 0 aliphatic carbocycles. The van der Waals surface area contributed by atoms with E-state index in [4.69, 9.17) is 0 Å². The van der Waals surface area contributed by atoms with Crippen LogP contribution in [0, 0.1) is 0 Å². The van der Waals surface area contributed by atoms with E-state index in [-0.39, 0.29) is 18.3 Å². The lowest BCUT2D eigenvalue weighted by molar-refractivity contribution is -0.115. The quantitative estimate of drug-likeness (QED) is 0.756. The molecule has 0 spiro atoms. The summed E-state index contributed by atoms with van der Waals surface area (Å²) in [7, 11) is 1.73. The molecule has 0 unspecified atom stereocenters. The van der Waals surface area contributed by atoms with Gasteiger partial charge in [-0.1, -0.05) is 0 Å². The minimum atomic E-state index is -0.0644. The Hall–Kier alpha value is -1.13. The third-order valence-electron chi connectivity index (χ3n) is 1.28. The van der Waals surface area contributed by atoms with Gasteiger partial charge < -0.3 is 10.6 Å². The van der Waals surface area contributed by atoms with Gasteiger partial charge in [0.2, 0.25) is 5.91 Å². The Kier molecular flexibility index (Phi) is 5.84. The van der Waals surface area contributed by atoms with Crippen LogP contribution in [0.1, 0.15) is 0 Å². The molecule has 1 heterocycles. The first-order chi connectivity index (χ1) is 5.83. The average Bonchev–Trinajstić information content (AvgIpc) is 2.06. The van der Waals surface area contributed by atoms with E-state index in [9.17, 15) is 4.79 Å². The number of nitrogens with one attached hydrogen (secondary N) is 2. The van der Waals surface area contributed by atoms with Crippen molar-refractivity contribution in [1.29, 1.82) is 0 Å². The van der Waals surface area contributed by atoms with Crippen molar-refractivity contribution >= 4 is 24.0 Å². The molecule has 13 heavy (non-hydrogen) atoms. The van der Waals surface area contributed by atoms with Crippen molar-refractivity contribution in [3.8, 4) is 0 Å². The fourth-order valence-corrected chi connectivity index (χ4v) is 0.802. The Balaban J connectivity index is 0.00000144. The standard InChI is InChI=1S/C8H11N3O.ClH/c1-9-6-8(12)11-7-3-2-4-10-5-7;/h2-5,9H,6H2,1H3,(H,11,12);1H. The van der Waals surface area contributed by atoms with Crippen molar-refractivity contribution in [3.63, 3.8) is 0 Å². The first-order valence-electron chi connectivity index (χ1n) is 3.67. The molecule has 0 aliphatic rings. The smallest absolute Gasteiger partial charge is 0.238 e. The van der Waals surface area contributed by atoms with E-state index in [1.807, 2.05) is 0 Å². The number of rotatable bonds is 3. The molecule has 0 aliphatic heterocycles. The van der Waals surface area contributed by atoms with Crippen LogP contribution in [-0.4, -0.2) is 24.5 Å². The van der Waals surface area contributed by atoms with Gasteiger partial charge in [0.05, 0.1) is 18.4 Å². The molecule has 72 valence electrons. The Labute approximate surface area is 83.2 Å². The molecule has 5 heteroatoms. The van der Waals surface area contributed by atoms with Crippen molar-refractivity contribution in [2.75, 3.05) is 18.9 Å². The van der Waals surface area contributed by atoms with Gasteiger partial charge in [-0.25, -0.2) is 0 Å². The lowest BCUT2D eigenvalue weighted by atomic mass is 10.4. The van der Waals surface area contributed by atoms with Crippen LogP contribution in [0.15, 0.2) is 24.5 Å².